The normalized spacial score (nSPS) is 10.0. The van der Waals surface area contributed by atoms with Crippen molar-refractivity contribution in [3.63, 3.8) is 0 Å². The third-order valence-corrected chi connectivity index (χ3v) is 3.18. The first-order chi connectivity index (χ1) is 6.43. The second kappa shape index (κ2) is 4.68. The number of nitrogens with zero attached hydrogens (tertiary/aromatic N) is 1. The zero-order valence-corrected chi connectivity index (χ0v) is 10.1. The van der Waals surface area contributed by atoms with Crippen molar-refractivity contribution in [1.82, 2.24) is 4.98 Å². The first-order valence-electron chi connectivity index (χ1n) is 3.06. The van der Waals surface area contributed by atoms with Gasteiger partial charge in [-0.2, -0.15) is 8.42 Å². The van der Waals surface area contributed by atoms with Crippen LogP contribution in [0.15, 0.2) is 0 Å². The van der Waals surface area contributed by atoms with Gasteiger partial charge in [0.2, 0.25) is 10.3 Å². The van der Waals surface area contributed by atoms with Crippen LogP contribution in [0, 0.1) is 0 Å². The Kier molecular flexibility index (Phi) is 4.04. The Balaban J connectivity index is 3.64. The van der Waals surface area contributed by atoms with Crippen LogP contribution in [0.3, 0.4) is 0 Å². The fourth-order valence-electron chi connectivity index (χ4n) is 0.703. The molecular formula is C6HCl4NO2S. The molecule has 76 valence electrons. The molecule has 1 rings (SSSR count). The van der Waals surface area contributed by atoms with Gasteiger partial charge in [0.05, 0.1) is 15.4 Å². The summed E-state index contributed by atoms with van der Waals surface area (Å²) in [5, 5.41) is 0.510. The van der Waals surface area contributed by atoms with Crippen LogP contribution in [-0.4, -0.2) is 18.8 Å². The van der Waals surface area contributed by atoms with E-state index in [2.05, 4.69) is 4.98 Å². The van der Waals surface area contributed by atoms with Gasteiger partial charge in [-0.3, -0.25) is 0 Å². The molecule has 8 heteroatoms. The van der Waals surface area contributed by atoms with Crippen molar-refractivity contribution in [3.05, 3.63) is 25.9 Å². The number of halogens is 4. The number of rotatable bonds is 1. The molecule has 0 bridgehead atoms. The van der Waals surface area contributed by atoms with E-state index in [1.165, 1.54) is 0 Å². The first-order valence-corrected chi connectivity index (χ1v) is 5.71. The smallest absolute Gasteiger partial charge is 0.214 e. The SMILES string of the molecule is O=S(=O)=Cc1c(Cl)c(Cl)nc(Cl)c1Cl. The lowest BCUT2D eigenvalue weighted by molar-refractivity contribution is 0.627. The summed E-state index contributed by atoms with van der Waals surface area (Å²) in [4.78, 5) is 3.59. The van der Waals surface area contributed by atoms with Crippen LogP contribution in [0.5, 0.6) is 0 Å². The van der Waals surface area contributed by atoms with Crippen molar-refractivity contribution in [2.75, 3.05) is 0 Å². The third kappa shape index (κ3) is 2.52. The Hall–Kier alpha value is -0.000000000000000167. The van der Waals surface area contributed by atoms with Gasteiger partial charge in [0, 0.05) is 5.56 Å². The van der Waals surface area contributed by atoms with Gasteiger partial charge < -0.3 is 0 Å². The molecule has 3 nitrogen and oxygen atoms in total. The lowest BCUT2D eigenvalue weighted by atomic mass is 10.3. The maximum absolute atomic E-state index is 10.4. The van der Waals surface area contributed by atoms with E-state index < -0.39 is 10.3 Å². The summed E-state index contributed by atoms with van der Waals surface area (Å²) in [7, 11) is -2.44. The van der Waals surface area contributed by atoms with E-state index in [0.717, 1.165) is 5.37 Å². The topological polar surface area (TPSA) is 47.0 Å². The van der Waals surface area contributed by atoms with Gasteiger partial charge in [0.1, 0.15) is 10.3 Å². The summed E-state index contributed by atoms with van der Waals surface area (Å²) in [6.07, 6.45) is 0. The number of aromatic nitrogens is 1. The van der Waals surface area contributed by atoms with Gasteiger partial charge in [-0.15, -0.1) is 0 Å². The summed E-state index contributed by atoms with van der Waals surface area (Å²) in [5.41, 5.74) is 0.0340. The van der Waals surface area contributed by atoms with Crippen molar-refractivity contribution >= 4 is 62.1 Å². The molecule has 0 amide bonds. The number of hydrogen-bond acceptors (Lipinski definition) is 3. The van der Waals surface area contributed by atoms with Crippen LogP contribution in [0.1, 0.15) is 5.56 Å². The van der Waals surface area contributed by atoms with E-state index in [9.17, 15) is 8.42 Å². The van der Waals surface area contributed by atoms with E-state index in [1.54, 1.807) is 0 Å². The fraction of sp³-hybridized carbons (Fsp3) is 0. The molecule has 0 aliphatic carbocycles. The maximum Gasteiger partial charge on any atom is 0.214 e. The summed E-state index contributed by atoms with van der Waals surface area (Å²) in [5.74, 6) is 0. The molecule has 0 saturated heterocycles. The highest BCUT2D eigenvalue weighted by atomic mass is 35.5. The summed E-state index contributed by atoms with van der Waals surface area (Å²) >= 11 is 22.5. The molecule has 0 radical (unpaired) electrons. The minimum atomic E-state index is -2.44. The largest absolute Gasteiger partial charge is 0.221 e. The standard InChI is InChI=1S/C6HCl4NO2S/c7-3-2(1-14(12)13)4(8)6(10)11-5(3)9/h1H. The molecule has 0 unspecified atom stereocenters. The van der Waals surface area contributed by atoms with Crippen molar-refractivity contribution in [3.8, 4) is 0 Å². The predicted molar refractivity (Wildman–Crippen MR) is 58.4 cm³/mol. The molecule has 1 aromatic rings. The Morgan fingerprint density at radius 3 is 1.79 bits per heavy atom. The molecule has 0 N–H and O–H groups in total. The van der Waals surface area contributed by atoms with Gasteiger partial charge in [0.25, 0.3) is 0 Å². The molecule has 14 heavy (non-hydrogen) atoms. The molecule has 0 atom stereocenters. The highest BCUT2D eigenvalue weighted by Crippen LogP contribution is 2.33. The fourth-order valence-corrected chi connectivity index (χ4v) is 2.11. The molecular weight excluding hydrogens is 292 g/mol. The Bertz CT molecular complexity index is 477. The summed E-state index contributed by atoms with van der Waals surface area (Å²) < 4.78 is 20.8. The third-order valence-electron chi connectivity index (χ3n) is 1.25. The Morgan fingerprint density at radius 2 is 1.43 bits per heavy atom. The van der Waals surface area contributed by atoms with Gasteiger partial charge >= 0.3 is 0 Å². The van der Waals surface area contributed by atoms with E-state index in [0.29, 0.717) is 0 Å². The Labute approximate surface area is 101 Å². The highest BCUT2D eigenvalue weighted by molar-refractivity contribution is 7.71. The minimum absolute atomic E-state index is 0.0340. The van der Waals surface area contributed by atoms with Crippen LogP contribution in [0.25, 0.3) is 0 Å². The monoisotopic (exact) mass is 291 g/mol. The lowest BCUT2D eigenvalue weighted by Gasteiger charge is -2.03. The molecule has 0 aliphatic rings. The Morgan fingerprint density at radius 1 is 1.00 bits per heavy atom. The average molecular weight is 293 g/mol. The highest BCUT2D eigenvalue weighted by Gasteiger charge is 2.13. The van der Waals surface area contributed by atoms with Gasteiger partial charge in [0.15, 0.2) is 0 Å². The van der Waals surface area contributed by atoms with E-state index in [4.69, 9.17) is 46.4 Å². The van der Waals surface area contributed by atoms with Crippen molar-refractivity contribution < 1.29 is 8.42 Å². The summed E-state index contributed by atoms with van der Waals surface area (Å²) in [6, 6.07) is 0. The quantitative estimate of drug-likeness (QED) is 0.591. The minimum Gasteiger partial charge on any atom is -0.221 e. The molecule has 0 saturated carbocycles. The number of hydrogen-bond donors (Lipinski definition) is 0. The van der Waals surface area contributed by atoms with Crippen LogP contribution in [0.2, 0.25) is 20.4 Å². The molecule has 0 aliphatic heterocycles. The van der Waals surface area contributed by atoms with Gasteiger partial charge in [-0.1, -0.05) is 46.4 Å². The maximum atomic E-state index is 10.4. The zero-order chi connectivity index (χ0) is 10.9. The van der Waals surface area contributed by atoms with E-state index in [-0.39, 0.29) is 25.9 Å². The van der Waals surface area contributed by atoms with E-state index in [1.807, 2.05) is 0 Å². The first kappa shape index (κ1) is 12.1. The molecule has 1 aromatic heterocycles. The van der Waals surface area contributed by atoms with Crippen LogP contribution in [-0.2, 0) is 10.3 Å². The summed E-state index contributed by atoms with van der Waals surface area (Å²) in [6.45, 7) is 0. The molecule has 0 spiro atoms. The lowest BCUT2D eigenvalue weighted by Crippen LogP contribution is -1.91. The predicted octanol–water partition coefficient (Wildman–Crippen LogP) is 2.72. The van der Waals surface area contributed by atoms with Gasteiger partial charge in [-0.05, 0) is 0 Å². The van der Waals surface area contributed by atoms with Crippen molar-refractivity contribution in [2.45, 2.75) is 0 Å². The van der Waals surface area contributed by atoms with Gasteiger partial charge in [-0.25, -0.2) is 4.98 Å². The average Bonchev–Trinajstić information content (AvgIpc) is 2.09. The zero-order valence-electron chi connectivity index (χ0n) is 6.26. The molecule has 1 heterocycles. The van der Waals surface area contributed by atoms with Crippen LogP contribution < -0.4 is 0 Å². The van der Waals surface area contributed by atoms with Crippen LogP contribution >= 0.6 is 46.4 Å². The van der Waals surface area contributed by atoms with E-state index >= 15 is 0 Å². The van der Waals surface area contributed by atoms with Crippen molar-refractivity contribution in [1.29, 1.82) is 0 Å². The van der Waals surface area contributed by atoms with Crippen molar-refractivity contribution in [2.24, 2.45) is 0 Å². The van der Waals surface area contributed by atoms with Crippen LogP contribution in [0.4, 0.5) is 0 Å². The molecule has 0 fully saturated rings. The molecule has 0 aromatic carbocycles. The second-order valence-corrected chi connectivity index (χ2v) is 4.34. The second-order valence-electron chi connectivity index (χ2n) is 2.11. The number of pyridine rings is 1.